The number of rotatable bonds is 2. The van der Waals surface area contributed by atoms with E-state index in [2.05, 4.69) is 23.2 Å². The molecule has 2 aromatic carbocycles. The van der Waals surface area contributed by atoms with E-state index in [1.54, 1.807) is 0 Å². The summed E-state index contributed by atoms with van der Waals surface area (Å²) >= 11 is 0. The zero-order valence-electron chi connectivity index (χ0n) is 14.8. The molecular weight excluding hydrogens is 359 g/mol. The van der Waals surface area contributed by atoms with Crippen LogP contribution in [0.5, 0.6) is 0 Å². The van der Waals surface area contributed by atoms with E-state index in [0.717, 1.165) is 11.1 Å². The largest absolute Gasteiger partial charge is 0.518 e. The molecule has 0 saturated heterocycles. The molecular formula is C20H26NOY-. The Morgan fingerprint density at radius 1 is 1.00 bits per heavy atom. The quantitative estimate of drug-likeness (QED) is 0.638. The van der Waals surface area contributed by atoms with Gasteiger partial charge in [-0.05, 0) is 5.56 Å². The molecule has 3 heteroatoms. The molecule has 0 N–H and O–H groups in total. The number of ether oxygens (including phenoxy) is 1. The standard InChI is InChI=1S/C16H14NO.2C2H6.Y/c1-12-7-5-6-10-14(12)16-17-15(11-18-16)13-8-3-2-4-9-13;2*1-2;/h2-9,15H,11H2,1H3;2*1-2H3;/q-1;;;. The van der Waals surface area contributed by atoms with Gasteiger partial charge < -0.3 is 4.74 Å². The normalized spacial score (nSPS) is 14.8. The molecule has 0 spiro atoms. The fourth-order valence-electron chi connectivity index (χ4n) is 2.11. The summed E-state index contributed by atoms with van der Waals surface area (Å²) in [4.78, 5) is 4.65. The maximum atomic E-state index is 5.71. The Labute approximate surface area is 166 Å². The predicted octanol–water partition coefficient (Wildman–Crippen LogP) is 5.36. The second-order valence-corrected chi connectivity index (χ2v) is 4.40. The molecule has 1 aliphatic heterocycles. The van der Waals surface area contributed by atoms with Crippen LogP contribution >= 0.6 is 0 Å². The number of hydrogen-bond acceptors (Lipinski definition) is 2. The molecule has 0 amide bonds. The van der Waals surface area contributed by atoms with E-state index in [1.807, 2.05) is 71.0 Å². The van der Waals surface area contributed by atoms with Crippen molar-refractivity contribution in [1.29, 1.82) is 0 Å². The number of benzene rings is 2. The molecule has 2 nitrogen and oxygen atoms in total. The zero-order chi connectivity index (χ0) is 16.4. The number of aliphatic imine (C=N–C) groups is 1. The molecule has 0 saturated carbocycles. The van der Waals surface area contributed by atoms with Crippen molar-refractivity contribution in [2.45, 2.75) is 40.7 Å². The van der Waals surface area contributed by atoms with Crippen LogP contribution in [0.4, 0.5) is 0 Å². The minimum absolute atomic E-state index is 0. The van der Waals surface area contributed by atoms with E-state index < -0.39 is 0 Å². The summed E-state index contributed by atoms with van der Waals surface area (Å²) < 4.78 is 5.71. The maximum Gasteiger partial charge on any atom is 0.130 e. The topological polar surface area (TPSA) is 21.6 Å². The number of aryl methyl sites for hydroxylation is 1. The van der Waals surface area contributed by atoms with Gasteiger partial charge in [-0.15, -0.1) is 29.8 Å². The number of hydrogen-bond donors (Lipinski definition) is 0. The van der Waals surface area contributed by atoms with Gasteiger partial charge in [0.1, 0.15) is 18.5 Å². The molecule has 1 radical (unpaired) electrons. The fraction of sp³-hybridized carbons (Fsp3) is 0.350. The van der Waals surface area contributed by atoms with Crippen molar-refractivity contribution < 1.29 is 37.4 Å². The van der Waals surface area contributed by atoms with Crippen LogP contribution in [0.3, 0.4) is 0 Å². The van der Waals surface area contributed by atoms with E-state index in [1.165, 1.54) is 5.56 Å². The smallest absolute Gasteiger partial charge is 0.130 e. The Morgan fingerprint density at radius 2 is 1.65 bits per heavy atom. The third kappa shape index (κ3) is 6.20. The summed E-state index contributed by atoms with van der Waals surface area (Å²) in [5, 5.41) is 0. The van der Waals surface area contributed by atoms with E-state index in [9.17, 15) is 0 Å². The van der Waals surface area contributed by atoms with Gasteiger partial charge in [-0.1, -0.05) is 70.5 Å². The molecule has 1 aliphatic rings. The summed E-state index contributed by atoms with van der Waals surface area (Å²) in [6.45, 7) is 10.7. The molecule has 23 heavy (non-hydrogen) atoms. The summed E-state index contributed by atoms with van der Waals surface area (Å²) in [6, 6.07) is 19.5. The molecule has 2 aromatic rings. The van der Waals surface area contributed by atoms with Crippen molar-refractivity contribution in [3.63, 3.8) is 0 Å². The summed E-state index contributed by atoms with van der Waals surface area (Å²) in [7, 11) is 0. The second-order valence-electron chi connectivity index (χ2n) is 4.40. The van der Waals surface area contributed by atoms with Crippen LogP contribution in [-0.4, -0.2) is 12.5 Å². The van der Waals surface area contributed by atoms with Gasteiger partial charge in [-0.2, -0.15) is 0 Å². The van der Waals surface area contributed by atoms with E-state index >= 15 is 0 Å². The molecule has 0 aliphatic carbocycles. The zero-order valence-corrected chi connectivity index (χ0v) is 17.7. The van der Waals surface area contributed by atoms with Crippen molar-refractivity contribution in [1.82, 2.24) is 0 Å². The van der Waals surface area contributed by atoms with E-state index in [0.29, 0.717) is 12.5 Å². The molecule has 3 rings (SSSR count). The van der Waals surface area contributed by atoms with Crippen LogP contribution in [0.1, 0.15) is 50.4 Å². The molecule has 121 valence electrons. The summed E-state index contributed by atoms with van der Waals surface area (Å²) in [5.41, 5.74) is 3.31. The SMILES string of the molecule is CC.CC.Cc1ccc[c-]c1C1=NC(c2ccccc2)CO1.[Y]. The first kappa shape index (κ1) is 22.0. The van der Waals surface area contributed by atoms with Gasteiger partial charge in [0.15, 0.2) is 0 Å². The van der Waals surface area contributed by atoms with Gasteiger partial charge in [0, 0.05) is 32.7 Å². The first-order chi connectivity index (χ1) is 10.8. The monoisotopic (exact) mass is 385 g/mol. The molecule has 0 fully saturated rings. The average molecular weight is 385 g/mol. The summed E-state index contributed by atoms with van der Waals surface area (Å²) in [5.74, 6) is 0.710. The maximum absolute atomic E-state index is 5.71. The third-order valence-corrected chi connectivity index (χ3v) is 3.11. The Kier molecular flexibility index (Phi) is 11.9. The van der Waals surface area contributed by atoms with Crippen LogP contribution < -0.4 is 0 Å². The van der Waals surface area contributed by atoms with E-state index in [4.69, 9.17) is 4.74 Å². The fourth-order valence-corrected chi connectivity index (χ4v) is 2.11. The first-order valence-corrected chi connectivity index (χ1v) is 8.08. The van der Waals surface area contributed by atoms with Gasteiger partial charge in [0.25, 0.3) is 0 Å². The number of nitrogens with zero attached hydrogens (tertiary/aromatic N) is 1. The average Bonchev–Trinajstić information content (AvgIpc) is 3.09. The van der Waals surface area contributed by atoms with Crippen molar-refractivity contribution in [2.24, 2.45) is 4.99 Å². The molecule has 1 heterocycles. The molecule has 1 unspecified atom stereocenters. The summed E-state index contributed by atoms with van der Waals surface area (Å²) in [6.07, 6.45) is 0. The van der Waals surface area contributed by atoms with Gasteiger partial charge >= 0.3 is 0 Å². The first-order valence-electron chi connectivity index (χ1n) is 8.08. The van der Waals surface area contributed by atoms with E-state index in [-0.39, 0.29) is 38.8 Å². The Bertz CT molecular complexity index is 581. The third-order valence-electron chi connectivity index (χ3n) is 3.11. The van der Waals surface area contributed by atoms with Crippen molar-refractivity contribution in [2.75, 3.05) is 6.61 Å². The van der Waals surface area contributed by atoms with Gasteiger partial charge in [0.2, 0.25) is 0 Å². The van der Waals surface area contributed by atoms with Crippen LogP contribution in [0.15, 0.2) is 53.5 Å². The van der Waals surface area contributed by atoms with Gasteiger partial charge in [-0.3, -0.25) is 4.99 Å². The van der Waals surface area contributed by atoms with Crippen LogP contribution in [0.2, 0.25) is 0 Å². The van der Waals surface area contributed by atoms with Crippen molar-refractivity contribution >= 4 is 5.90 Å². The molecule has 0 aromatic heterocycles. The Hall–Kier alpha value is -0.986. The van der Waals surface area contributed by atoms with Crippen molar-refractivity contribution in [3.8, 4) is 0 Å². The molecule has 1 atom stereocenters. The van der Waals surface area contributed by atoms with Crippen LogP contribution in [0, 0.1) is 13.0 Å². The minimum Gasteiger partial charge on any atom is -0.518 e. The minimum atomic E-state index is 0. The molecule has 0 bridgehead atoms. The second kappa shape index (κ2) is 12.4. The van der Waals surface area contributed by atoms with Gasteiger partial charge in [0.05, 0.1) is 0 Å². The van der Waals surface area contributed by atoms with Crippen molar-refractivity contribution in [3.05, 3.63) is 71.3 Å². The Balaban J connectivity index is 0.000000901. The Morgan fingerprint density at radius 3 is 2.26 bits per heavy atom. The van der Waals surface area contributed by atoms with Crippen LogP contribution in [-0.2, 0) is 37.4 Å². The predicted molar refractivity (Wildman–Crippen MR) is 94.4 cm³/mol. The van der Waals surface area contributed by atoms with Crippen LogP contribution in [0.25, 0.3) is 0 Å². The van der Waals surface area contributed by atoms with Gasteiger partial charge in [-0.25, -0.2) is 0 Å².